The molecular weight excluding hydrogens is 186 g/mol. The molecule has 2 heteroatoms. The Bertz CT molecular complexity index is 365. The van der Waals surface area contributed by atoms with Gasteiger partial charge in [-0.1, -0.05) is 13.8 Å². The number of rotatable bonds is 3. The standard InChI is InChI=1S/C13H17NO/c1-9(2)8-15-13-10(3)5-12(7-14)6-11(13)4/h5-6,9H,8H2,1-4H3. The summed E-state index contributed by atoms with van der Waals surface area (Å²) in [6.45, 7) is 8.91. The van der Waals surface area contributed by atoms with E-state index in [4.69, 9.17) is 10.00 Å². The van der Waals surface area contributed by atoms with Gasteiger partial charge in [-0.05, 0) is 43.0 Å². The maximum atomic E-state index is 8.80. The number of benzene rings is 1. The molecule has 0 aromatic heterocycles. The zero-order valence-electron chi connectivity index (χ0n) is 9.79. The summed E-state index contributed by atoms with van der Waals surface area (Å²) in [5.41, 5.74) is 2.77. The molecule has 0 heterocycles. The number of nitriles is 1. The molecule has 0 aliphatic carbocycles. The Morgan fingerprint density at radius 1 is 1.27 bits per heavy atom. The fourth-order valence-corrected chi connectivity index (χ4v) is 1.49. The smallest absolute Gasteiger partial charge is 0.125 e. The molecule has 1 rings (SSSR count). The van der Waals surface area contributed by atoms with Crippen molar-refractivity contribution >= 4 is 0 Å². The molecule has 0 saturated carbocycles. The average Bonchev–Trinajstić information content (AvgIpc) is 2.15. The third-order valence-electron chi connectivity index (χ3n) is 2.15. The summed E-state index contributed by atoms with van der Waals surface area (Å²) in [7, 11) is 0. The quantitative estimate of drug-likeness (QED) is 0.755. The van der Waals surface area contributed by atoms with Crippen molar-refractivity contribution in [3.8, 4) is 11.8 Å². The topological polar surface area (TPSA) is 33.0 Å². The average molecular weight is 203 g/mol. The first-order valence-electron chi connectivity index (χ1n) is 5.18. The number of aryl methyl sites for hydroxylation is 2. The summed E-state index contributed by atoms with van der Waals surface area (Å²) in [4.78, 5) is 0. The van der Waals surface area contributed by atoms with Crippen LogP contribution in [-0.2, 0) is 0 Å². The van der Waals surface area contributed by atoms with Gasteiger partial charge in [0.2, 0.25) is 0 Å². The Balaban J connectivity index is 2.94. The zero-order valence-corrected chi connectivity index (χ0v) is 9.79. The van der Waals surface area contributed by atoms with Gasteiger partial charge in [-0.3, -0.25) is 0 Å². The van der Waals surface area contributed by atoms with E-state index in [-0.39, 0.29) is 0 Å². The van der Waals surface area contributed by atoms with E-state index in [0.29, 0.717) is 18.1 Å². The summed E-state index contributed by atoms with van der Waals surface area (Å²) in [6, 6.07) is 5.87. The highest BCUT2D eigenvalue weighted by molar-refractivity contribution is 5.47. The van der Waals surface area contributed by atoms with E-state index in [9.17, 15) is 0 Å². The Labute approximate surface area is 91.5 Å². The van der Waals surface area contributed by atoms with Crippen LogP contribution in [0.5, 0.6) is 5.75 Å². The van der Waals surface area contributed by atoms with Crippen LogP contribution in [0.2, 0.25) is 0 Å². The molecular formula is C13H17NO. The lowest BCUT2D eigenvalue weighted by atomic mass is 10.1. The first-order chi connectivity index (χ1) is 7.04. The molecule has 0 N–H and O–H groups in total. The van der Waals surface area contributed by atoms with Crippen LogP contribution in [0.4, 0.5) is 0 Å². The number of nitrogens with zero attached hydrogens (tertiary/aromatic N) is 1. The van der Waals surface area contributed by atoms with Gasteiger partial charge in [0.25, 0.3) is 0 Å². The van der Waals surface area contributed by atoms with Crippen LogP contribution in [0.1, 0.15) is 30.5 Å². The van der Waals surface area contributed by atoms with Gasteiger partial charge < -0.3 is 4.74 Å². The minimum atomic E-state index is 0.513. The van der Waals surface area contributed by atoms with Gasteiger partial charge in [-0.25, -0.2) is 0 Å². The van der Waals surface area contributed by atoms with E-state index in [1.807, 2.05) is 26.0 Å². The molecule has 0 aliphatic rings. The minimum absolute atomic E-state index is 0.513. The van der Waals surface area contributed by atoms with E-state index in [0.717, 1.165) is 16.9 Å². The first kappa shape index (κ1) is 11.6. The van der Waals surface area contributed by atoms with Crippen LogP contribution in [0.15, 0.2) is 12.1 Å². The highest BCUT2D eigenvalue weighted by atomic mass is 16.5. The van der Waals surface area contributed by atoms with E-state index in [1.165, 1.54) is 0 Å². The normalized spacial score (nSPS) is 10.1. The van der Waals surface area contributed by atoms with Crippen molar-refractivity contribution in [3.63, 3.8) is 0 Å². The van der Waals surface area contributed by atoms with E-state index in [2.05, 4.69) is 19.9 Å². The van der Waals surface area contributed by atoms with Gasteiger partial charge in [0, 0.05) is 0 Å². The fourth-order valence-electron chi connectivity index (χ4n) is 1.49. The molecule has 0 atom stereocenters. The fraction of sp³-hybridized carbons (Fsp3) is 0.462. The van der Waals surface area contributed by atoms with Crippen LogP contribution in [0, 0.1) is 31.1 Å². The Morgan fingerprint density at radius 2 is 1.80 bits per heavy atom. The molecule has 0 unspecified atom stereocenters. The van der Waals surface area contributed by atoms with Gasteiger partial charge in [-0.15, -0.1) is 0 Å². The monoisotopic (exact) mass is 203 g/mol. The maximum absolute atomic E-state index is 8.80. The maximum Gasteiger partial charge on any atom is 0.125 e. The van der Waals surface area contributed by atoms with Crippen LogP contribution < -0.4 is 4.74 Å². The van der Waals surface area contributed by atoms with E-state index >= 15 is 0 Å². The SMILES string of the molecule is Cc1cc(C#N)cc(C)c1OCC(C)C. The molecule has 0 amide bonds. The molecule has 80 valence electrons. The van der Waals surface area contributed by atoms with Gasteiger partial charge in [0.05, 0.1) is 18.2 Å². The second-order valence-electron chi connectivity index (χ2n) is 4.26. The summed E-state index contributed by atoms with van der Waals surface area (Å²) >= 11 is 0. The van der Waals surface area contributed by atoms with E-state index < -0.39 is 0 Å². The minimum Gasteiger partial charge on any atom is -0.493 e. The highest BCUT2D eigenvalue weighted by Gasteiger charge is 2.06. The summed E-state index contributed by atoms with van der Waals surface area (Å²) in [5.74, 6) is 1.43. The van der Waals surface area contributed by atoms with Crippen molar-refractivity contribution in [2.24, 2.45) is 5.92 Å². The Morgan fingerprint density at radius 3 is 2.20 bits per heavy atom. The second-order valence-corrected chi connectivity index (χ2v) is 4.26. The molecule has 0 aliphatic heterocycles. The van der Waals surface area contributed by atoms with Crippen molar-refractivity contribution in [2.45, 2.75) is 27.7 Å². The van der Waals surface area contributed by atoms with Crippen LogP contribution in [0.3, 0.4) is 0 Å². The Hall–Kier alpha value is -1.49. The summed E-state index contributed by atoms with van der Waals surface area (Å²) in [5, 5.41) is 8.80. The molecule has 0 spiro atoms. The van der Waals surface area contributed by atoms with Gasteiger partial charge in [0.1, 0.15) is 5.75 Å². The van der Waals surface area contributed by atoms with Crippen LogP contribution in [-0.4, -0.2) is 6.61 Å². The molecule has 0 radical (unpaired) electrons. The number of ether oxygens (including phenoxy) is 1. The van der Waals surface area contributed by atoms with Gasteiger partial charge in [0.15, 0.2) is 0 Å². The van der Waals surface area contributed by atoms with Crippen molar-refractivity contribution in [3.05, 3.63) is 28.8 Å². The lowest BCUT2D eigenvalue weighted by Gasteiger charge is -2.13. The summed E-state index contributed by atoms with van der Waals surface area (Å²) in [6.07, 6.45) is 0. The molecule has 0 fully saturated rings. The van der Waals surface area contributed by atoms with Crippen LogP contribution >= 0.6 is 0 Å². The number of hydrogen-bond donors (Lipinski definition) is 0. The third-order valence-corrected chi connectivity index (χ3v) is 2.15. The first-order valence-corrected chi connectivity index (χ1v) is 5.18. The van der Waals surface area contributed by atoms with Crippen LogP contribution in [0.25, 0.3) is 0 Å². The number of hydrogen-bond acceptors (Lipinski definition) is 2. The molecule has 0 saturated heterocycles. The molecule has 1 aromatic carbocycles. The third kappa shape index (κ3) is 2.99. The predicted molar refractivity (Wildman–Crippen MR) is 61.0 cm³/mol. The molecule has 0 bridgehead atoms. The van der Waals surface area contributed by atoms with Crippen molar-refractivity contribution in [1.82, 2.24) is 0 Å². The lowest BCUT2D eigenvalue weighted by Crippen LogP contribution is -2.06. The van der Waals surface area contributed by atoms with E-state index in [1.54, 1.807) is 0 Å². The van der Waals surface area contributed by atoms with Crippen molar-refractivity contribution < 1.29 is 4.74 Å². The Kier molecular flexibility index (Phi) is 3.74. The lowest BCUT2D eigenvalue weighted by molar-refractivity contribution is 0.268. The van der Waals surface area contributed by atoms with Crippen molar-refractivity contribution in [1.29, 1.82) is 5.26 Å². The molecule has 2 nitrogen and oxygen atoms in total. The predicted octanol–water partition coefficient (Wildman–Crippen LogP) is 3.21. The second kappa shape index (κ2) is 4.84. The molecule has 15 heavy (non-hydrogen) atoms. The highest BCUT2D eigenvalue weighted by Crippen LogP contribution is 2.24. The van der Waals surface area contributed by atoms with Gasteiger partial charge >= 0.3 is 0 Å². The molecule has 1 aromatic rings. The summed E-state index contributed by atoms with van der Waals surface area (Å²) < 4.78 is 5.72. The largest absolute Gasteiger partial charge is 0.493 e. The van der Waals surface area contributed by atoms with Crippen molar-refractivity contribution in [2.75, 3.05) is 6.61 Å². The zero-order chi connectivity index (χ0) is 11.4. The van der Waals surface area contributed by atoms with Gasteiger partial charge in [-0.2, -0.15) is 5.26 Å².